The molecule has 0 bridgehead atoms. The van der Waals surface area contributed by atoms with Crippen LogP contribution in [0.5, 0.6) is 11.6 Å². The van der Waals surface area contributed by atoms with E-state index >= 15 is 0 Å². The van der Waals surface area contributed by atoms with E-state index in [4.69, 9.17) is 33.5 Å². The molecule has 0 aliphatic carbocycles. The highest BCUT2D eigenvalue weighted by atomic mass is 35.5. The summed E-state index contributed by atoms with van der Waals surface area (Å²) in [6, 6.07) is 7.51. The molecule has 2 N–H and O–H groups in total. The smallest absolute Gasteiger partial charge is 0.387 e. The Bertz CT molecular complexity index is 775. The molecule has 0 amide bonds. The molecule has 0 fully saturated rings. The second-order valence-corrected chi connectivity index (χ2v) is 5.31. The Morgan fingerprint density at radius 2 is 2.12 bits per heavy atom. The van der Waals surface area contributed by atoms with Gasteiger partial charge < -0.3 is 14.8 Å². The zero-order chi connectivity index (χ0) is 18.2. The van der Waals surface area contributed by atoms with Crippen LogP contribution in [-0.2, 0) is 0 Å². The quantitative estimate of drug-likeness (QED) is 0.597. The molecular formula is C15H12Cl2F2N4O2. The minimum Gasteiger partial charge on any atom is -0.470 e. The molecule has 1 aromatic carbocycles. The fraction of sp³-hybridized carbons (Fsp3) is 0.133. The monoisotopic (exact) mass is 388 g/mol. The number of nitrogens with one attached hydrogen (secondary N) is 2. The van der Waals surface area contributed by atoms with E-state index in [9.17, 15) is 8.78 Å². The van der Waals surface area contributed by atoms with Gasteiger partial charge in [-0.25, -0.2) is 10.5 Å². The minimum atomic E-state index is -2.99. The minimum absolute atomic E-state index is 0.0494. The van der Waals surface area contributed by atoms with Crippen LogP contribution in [0.1, 0.15) is 0 Å². The summed E-state index contributed by atoms with van der Waals surface area (Å²) in [6.07, 6.45) is 2.89. The first kappa shape index (κ1) is 18.9. The Balaban J connectivity index is 2.03. The second kappa shape index (κ2) is 9.14. The van der Waals surface area contributed by atoms with Crippen LogP contribution in [-0.4, -0.2) is 18.2 Å². The lowest BCUT2D eigenvalue weighted by atomic mass is 10.3. The molecule has 1 heterocycles. The molecule has 0 saturated heterocycles. The first-order valence-corrected chi connectivity index (χ1v) is 7.56. The highest BCUT2D eigenvalue weighted by Crippen LogP contribution is 2.29. The van der Waals surface area contributed by atoms with Crippen molar-refractivity contribution in [3.05, 3.63) is 58.5 Å². The van der Waals surface area contributed by atoms with Crippen molar-refractivity contribution >= 4 is 28.9 Å². The predicted molar refractivity (Wildman–Crippen MR) is 89.7 cm³/mol. The zero-order valence-corrected chi connectivity index (χ0v) is 14.1. The van der Waals surface area contributed by atoms with Gasteiger partial charge in [0.15, 0.2) is 0 Å². The normalized spacial score (nSPS) is 11.3. The molecule has 10 heteroatoms. The van der Waals surface area contributed by atoms with Crippen molar-refractivity contribution in [1.82, 2.24) is 4.98 Å². The topological polar surface area (TPSA) is 79.6 Å². The molecule has 132 valence electrons. The Labute approximate surface area is 151 Å². The molecule has 0 spiro atoms. The van der Waals surface area contributed by atoms with E-state index in [1.54, 1.807) is 18.2 Å². The summed E-state index contributed by atoms with van der Waals surface area (Å²) in [5.41, 5.74) is 7.78. The van der Waals surface area contributed by atoms with Crippen LogP contribution >= 0.6 is 23.2 Å². The summed E-state index contributed by atoms with van der Waals surface area (Å²) in [7, 11) is 0. The summed E-state index contributed by atoms with van der Waals surface area (Å²) >= 11 is 11.7. The van der Waals surface area contributed by atoms with Crippen LogP contribution in [0.4, 0.5) is 14.5 Å². The highest BCUT2D eigenvalue weighted by molar-refractivity contribution is 6.32. The summed E-state index contributed by atoms with van der Waals surface area (Å²) in [5.74, 6) is 0.0359. The zero-order valence-electron chi connectivity index (χ0n) is 12.5. The van der Waals surface area contributed by atoms with Crippen molar-refractivity contribution in [2.24, 2.45) is 5.11 Å². The van der Waals surface area contributed by atoms with Gasteiger partial charge in [0.1, 0.15) is 23.1 Å². The standard InChI is InChI=1S/C15H12Cl2F2N4O2/c16-11-4-3-9(6-13(11)25-15(18)19)22-7-10(23-20)8-24-14-12(17)2-1-5-21-14/h1-7,15,20,22H,8H2/b10-7-,23-20?. The van der Waals surface area contributed by atoms with Crippen LogP contribution in [0.3, 0.4) is 0 Å². The molecule has 25 heavy (non-hydrogen) atoms. The maximum atomic E-state index is 12.3. The van der Waals surface area contributed by atoms with Gasteiger partial charge in [-0.05, 0) is 24.3 Å². The molecule has 0 atom stereocenters. The highest BCUT2D eigenvalue weighted by Gasteiger charge is 2.09. The van der Waals surface area contributed by atoms with Gasteiger partial charge in [0, 0.05) is 24.2 Å². The van der Waals surface area contributed by atoms with E-state index in [2.05, 4.69) is 20.2 Å². The predicted octanol–water partition coefficient (Wildman–Crippen LogP) is 5.35. The van der Waals surface area contributed by atoms with E-state index < -0.39 is 6.61 Å². The number of hydrogen-bond acceptors (Lipinski definition) is 6. The van der Waals surface area contributed by atoms with Gasteiger partial charge in [0.25, 0.3) is 0 Å². The average molecular weight is 389 g/mol. The van der Waals surface area contributed by atoms with Gasteiger partial charge >= 0.3 is 6.61 Å². The molecule has 2 rings (SSSR count). The van der Waals surface area contributed by atoms with Crippen molar-refractivity contribution < 1.29 is 18.3 Å². The lowest BCUT2D eigenvalue weighted by molar-refractivity contribution is -0.0497. The second-order valence-electron chi connectivity index (χ2n) is 4.49. The van der Waals surface area contributed by atoms with Crippen LogP contribution in [0.15, 0.2) is 53.5 Å². The number of alkyl halides is 2. The molecular weight excluding hydrogens is 377 g/mol. The van der Waals surface area contributed by atoms with E-state index in [1.807, 2.05) is 0 Å². The number of nitrogens with zero attached hydrogens (tertiary/aromatic N) is 2. The van der Waals surface area contributed by atoms with E-state index in [-0.39, 0.29) is 29.0 Å². The Kier molecular flexibility index (Phi) is 6.91. The number of hydrogen-bond donors (Lipinski definition) is 2. The van der Waals surface area contributed by atoms with Crippen molar-refractivity contribution in [3.63, 3.8) is 0 Å². The lowest BCUT2D eigenvalue weighted by Gasteiger charge is -2.10. The molecule has 0 saturated carbocycles. The van der Waals surface area contributed by atoms with Gasteiger partial charge in [-0.2, -0.15) is 13.9 Å². The van der Waals surface area contributed by atoms with Crippen molar-refractivity contribution in [3.8, 4) is 11.6 Å². The van der Waals surface area contributed by atoms with Crippen LogP contribution in [0, 0.1) is 5.53 Å². The third-order valence-electron chi connectivity index (χ3n) is 2.78. The number of aromatic nitrogens is 1. The molecule has 0 radical (unpaired) electrons. The van der Waals surface area contributed by atoms with Crippen molar-refractivity contribution in [2.45, 2.75) is 6.61 Å². The number of pyridine rings is 1. The summed E-state index contributed by atoms with van der Waals surface area (Å²) in [5, 5.41) is 6.48. The van der Waals surface area contributed by atoms with Gasteiger partial charge in [0.05, 0.1) is 5.02 Å². The number of halogens is 4. The summed E-state index contributed by atoms with van der Waals surface area (Å²) in [4.78, 5) is 3.94. The third-order valence-corrected chi connectivity index (χ3v) is 3.38. The Morgan fingerprint density at radius 3 is 2.80 bits per heavy atom. The number of ether oxygens (including phenoxy) is 2. The maximum absolute atomic E-state index is 12.3. The lowest BCUT2D eigenvalue weighted by Crippen LogP contribution is -2.04. The Hall–Kier alpha value is -2.45. The van der Waals surface area contributed by atoms with Gasteiger partial charge in [0.2, 0.25) is 5.88 Å². The van der Waals surface area contributed by atoms with Gasteiger partial charge in [-0.15, -0.1) is 0 Å². The van der Waals surface area contributed by atoms with Crippen molar-refractivity contribution in [1.29, 1.82) is 5.53 Å². The fourth-order valence-electron chi connectivity index (χ4n) is 1.67. The molecule has 0 unspecified atom stereocenters. The van der Waals surface area contributed by atoms with E-state index in [0.29, 0.717) is 10.7 Å². The van der Waals surface area contributed by atoms with Crippen LogP contribution < -0.4 is 14.8 Å². The van der Waals surface area contributed by atoms with Crippen LogP contribution in [0.25, 0.3) is 0 Å². The number of anilines is 1. The molecule has 0 aliphatic heterocycles. The van der Waals surface area contributed by atoms with Crippen LogP contribution in [0.2, 0.25) is 10.0 Å². The van der Waals surface area contributed by atoms with E-state index in [0.717, 1.165) is 0 Å². The largest absolute Gasteiger partial charge is 0.470 e. The molecule has 1 aromatic heterocycles. The van der Waals surface area contributed by atoms with Gasteiger partial charge in [-0.1, -0.05) is 23.2 Å². The average Bonchev–Trinajstić information content (AvgIpc) is 2.58. The number of rotatable bonds is 8. The molecule has 2 aromatic rings. The van der Waals surface area contributed by atoms with Gasteiger partial charge in [-0.3, -0.25) is 0 Å². The summed E-state index contributed by atoms with van der Waals surface area (Å²) < 4.78 is 34.3. The van der Waals surface area contributed by atoms with Crippen molar-refractivity contribution in [2.75, 3.05) is 11.9 Å². The first-order chi connectivity index (χ1) is 12.0. The molecule has 6 nitrogen and oxygen atoms in total. The SMILES string of the molecule is N=N/C(=C\Nc1ccc(Cl)c(OC(F)F)c1)COc1ncccc1Cl. The van der Waals surface area contributed by atoms with E-state index in [1.165, 1.54) is 24.5 Å². The molecule has 0 aliphatic rings. The number of benzene rings is 1. The fourth-order valence-corrected chi connectivity index (χ4v) is 2.01. The summed E-state index contributed by atoms with van der Waals surface area (Å²) in [6.45, 7) is -3.06. The maximum Gasteiger partial charge on any atom is 0.387 e. The Morgan fingerprint density at radius 1 is 1.32 bits per heavy atom. The first-order valence-electron chi connectivity index (χ1n) is 6.80. The third kappa shape index (κ3) is 5.84.